The van der Waals surface area contributed by atoms with Crippen LogP contribution in [0.4, 0.5) is 4.79 Å². The van der Waals surface area contributed by atoms with E-state index in [2.05, 4.69) is 19.2 Å². The Bertz CT molecular complexity index is 544. The number of amides is 3. The van der Waals surface area contributed by atoms with E-state index in [-0.39, 0.29) is 18.5 Å². The smallest absolute Gasteiger partial charge is 0.324 e. The molecule has 3 N–H and O–H groups in total. The molecule has 0 radical (unpaired) electrons. The second-order valence-corrected chi connectivity index (χ2v) is 6.62. The van der Waals surface area contributed by atoms with E-state index in [9.17, 15) is 9.59 Å². The van der Waals surface area contributed by atoms with Gasteiger partial charge in [-0.2, -0.15) is 0 Å². The molecular weight excluding hydrogens is 266 g/mol. The lowest BCUT2D eigenvalue weighted by atomic mass is 9.99. The van der Waals surface area contributed by atoms with Crippen molar-refractivity contribution >= 4 is 11.9 Å². The van der Waals surface area contributed by atoms with Crippen molar-refractivity contribution in [3.8, 4) is 0 Å². The summed E-state index contributed by atoms with van der Waals surface area (Å²) in [4.78, 5) is 25.6. The van der Waals surface area contributed by atoms with Crippen molar-refractivity contribution in [1.29, 1.82) is 0 Å². The second-order valence-electron chi connectivity index (χ2n) is 6.62. The van der Waals surface area contributed by atoms with Crippen LogP contribution in [0.1, 0.15) is 50.8 Å². The van der Waals surface area contributed by atoms with E-state index in [4.69, 9.17) is 5.73 Å². The largest absolute Gasteiger partial charge is 0.325 e. The Morgan fingerprint density at radius 1 is 1.24 bits per heavy atom. The minimum atomic E-state index is -0.610. The van der Waals surface area contributed by atoms with Crippen LogP contribution in [-0.2, 0) is 4.79 Å². The minimum Gasteiger partial charge on any atom is -0.324 e. The monoisotopic (exact) mass is 289 g/mol. The van der Waals surface area contributed by atoms with Gasteiger partial charge >= 0.3 is 6.03 Å². The molecule has 5 heteroatoms. The highest BCUT2D eigenvalue weighted by Crippen LogP contribution is 2.24. The highest BCUT2D eigenvalue weighted by molar-refractivity contribution is 6.04. The van der Waals surface area contributed by atoms with Crippen LogP contribution in [0, 0.1) is 0 Å². The maximum atomic E-state index is 12.4. The lowest BCUT2D eigenvalue weighted by Gasteiger charge is -2.24. The van der Waals surface area contributed by atoms with Crippen LogP contribution >= 0.6 is 0 Å². The van der Waals surface area contributed by atoms with Crippen molar-refractivity contribution in [2.24, 2.45) is 5.73 Å². The summed E-state index contributed by atoms with van der Waals surface area (Å²) in [6.07, 6.45) is 0. The number of nitrogens with one attached hydrogen (secondary N) is 1. The molecule has 1 heterocycles. The fraction of sp³-hybridized carbons (Fsp3) is 0.500. The van der Waals surface area contributed by atoms with Crippen molar-refractivity contribution < 1.29 is 9.59 Å². The van der Waals surface area contributed by atoms with E-state index < -0.39 is 11.6 Å². The van der Waals surface area contributed by atoms with Crippen LogP contribution in [-0.4, -0.2) is 28.9 Å². The molecular formula is C16H23N3O2. The van der Waals surface area contributed by atoms with Gasteiger partial charge < -0.3 is 11.1 Å². The molecule has 0 spiro atoms. The summed E-state index contributed by atoms with van der Waals surface area (Å²) in [6, 6.07) is 6.80. The van der Waals surface area contributed by atoms with Crippen molar-refractivity contribution in [2.75, 3.05) is 6.54 Å². The molecule has 3 amide bonds. The topological polar surface area (TPSA) is 75.4 Å². The van der Waals surface area contributed by atoms with Gasteiger partial charge in [-0.05, 0) is 30.9 Å². The minimum absolute atomic E-state index is 0.207. The van der Waals surface area contributed by atoms with Gasteiger partial charge in [0.15, 0.2) is 0 Å². The average Bonchev–Trinajstić information content (AvgIpc) is 2.65. The number of carbonyl (C=O) groups excluding carboxylic acids is 2. The van der Waals surface area contributed by atoms with Crippen LogP contribution in [0.5, 0.6) is 0 Å². The maximum Gasteiger partial charge on any atom is 0.325 e. The molecule has 1 atom stereocenters. The zero-order valence-corrected chi connectivity index (χ0v) is 13.0. The molecule has 5 nitrogen and oxygen atoms in total. The van der Waals surface area contributed by atoms with Crippen molar-refractivity contribution in [3.05, 3.63) is 35.4 Å². The first kappa shape index (κ1) is 15.5. The Hall–Kier alpha value is -1.88. The molecule has 1 aliphatic rings. The highest BCUT2D eigenvalue weighted by Gasteiger charge is 2.40. The lowest BCUT2D eigenvalue weighted by molar-refractivity contribution is -0.128. The number of urea groups is 1. The van der Waals surface area contributed by atoms with Gasteiger partial charge in [-0.15, -0.1) is 0 Å². The van der Waals surface area contributed by atoms with Crippen LogP contribution in [0.25, 0.3) is 0 Å². The van der Waals surface area contributed by atoms with Crippen LogP contribution in [0.2, 0.25) is 0 Å². The zero-order valence-electron chi connectivity index (χ0n) is 13.0. The molecule has 2 rings (SSSR count). The number of hydrogen-bond donors (Lipinski definition) is 2. The third kappa shape index (κ3) is 3.42. The summed E-state index contributed by atoms with van der Waals surface area (Å²) >= 11 is 0. The van der Waals surface area contributed by atoms with E-state index >= 15 is 0 Å². The number of benzene rings is 1. The summed E-state index contributed by atoms with van der Waals surface area (Å²) in [6.45, 7) is 8.01. The SMILES string of the molecule is CC(C)c1ccc(C2NC(=O)N(CC(C)(C)N)C2=O)cc1. The van der Waals surface area contributed by atoms with Crippen molar-refractivity contribution in [2.45, 2.75) is 45.2 Å². The average molecular weight is 289 g/mol. The van der Waals surface area contributed by atoms with E-state index in [1.165, 1.54) is 10.5 Å². The normalized spacial score (nSPS) is 19.3. The molecule has 0 aromatic heterocycles. The standard InChI is InChI=1S/C16H23N3O2/c1-10(2)11-5-7-12(8-6-11)13-14(20)19(15(21)18-13)9-16(3,4)17/h5-8,10,13H,9,17H2,1-4H3,(H,18,21). The van der Waals surface area contributed by atoms with Crippen LogP contribution in [0.15, 0.2) is 24.3 Å². The molecule has 21 heavy (non-hydrogen) atoms. The molecule has 1 aromatic rings. The van der Waals surface area contributed by atoms with Gasteiger partial charge in [0.1, 0.15) is 6.04 Å². The van der Waals surface area contributed by atoms with Crippen molar-refractivity contribution in [1.82, 2.24) is 10.2 Å². The Balaban J connectivity index is 2.18. The fourth-order valence-electron chi connectivity index (χ4n) is 2.38. The van der Waals surface area contributed by atoms with Gasteiger partial charge in [0.2, 0.25) is 0 Å². The first-order valence-electron chi connectivity index (χ1n) is 7.19. The molecule has 1 aliphatic heterocycles. The van der Waals surface area contributed by atoms with Crippen LogP contribution in [0.3, 0.4) is 0 Å². The summed E-state index contributed by atoms with van der Waals surface area (Å²) in [5.74, 6) is 0.193. The molecule has 1 aromatic carbocycles. The molecule has 1 saturated heterocycles. The highest BCUT2D eigenvalue weighted by atomic mass is 16.2. The number of hydrogen-bond acceptors (Lipinski definition) is 3. The molecule has 0 aliphatic carbocycles. The molecule has 0 bridgehead atoms. The molecule has 1 fully saturated rings. The zero-order chi connectivity index (χ0) is 15.8. The van der Waals surface area contributed by atoms with Gasteiger partial charge in [-0.25, -0.2) is 4.79 Å². The van der Waals surface area contributed by atoms with Gasteiger partial charge in [0, 0.05) is 12.1 Å². The summed E-state index contributed by atoms with van der Waals surface area (Å²) in [5, 5.41) is 2.72. The third-order valence-corrected chi connectivity index (χ3v) is 3.53. The maximum absolute atomic E-state index is 12.4. The van der Waals surface area contributed by atoms with E-state index in [1.807, 2.05) is 24.3 Å². The van der Waals surface area contributed by atoms with E-state index in [0.29, 0.717) is 5.92 Å². The Morgan fingerprint density at radius 2 is 1.81 bits per heavy atom. The van der Waals surface area contributed by atoms with E-state index in [0.717, 1.165) is 5.56 Å². The van der Waals surface area contributed by atoms with E-state index in [1.54, 1.807) is 13.8 Å². The lowest BCUT2D eigenvalue weighted by Crippen LogP contribution is -2.47. The Labute approximate surface area is 125 Å². The third-order valence-electron chi connectivity index (χ3n) is 3.53. The predicted molar refractivity (Wildman–Crippen MR) is 81.8 cm³/mol. The second kappa shape index (κ2) is 5.48. The molecule has 0 saturated carbocycles. The summed E-state index contributed by atoms with van der Waals surface area (Å²) < 4.78 is 0. The Morgan fingerprint density at radius 3 is 2.29 bits per heavy atom. The Kier molecular flexibility index (Phi) is 4.05. The van der Waals surface area contributed by atoms with Gasteiger partial charge in [0.05, 0.1) is 0 Å². The number of rotatable bonds is 4. The first-order chi connectivity index (χ1) is 9.69. The number of nitrogens with zero attached hydrogens (tertiary/aromatic N) is 1. The number of imide groups is 1. The van der Waals surface area contributed by atoms with Gasteiger partial charge in [0.25, 0.3) is 5.91 Å². The van der Waals surface area contributed by atoms with Crippen LogP contribution < -0.4 is 11.1 Å². The summed E-state index contributed by atoms with van der Waals surface area (Å²) in [7, 11) is 0. The summed E-state index contributed by atoms with van der Waals surface area (Å²) in [5.41, 5.74) is 7.30. The van der Waals surface area contributed by atoms with Gasteiger partial charge in [-0.3, -0.25) is 9.69 Å². The first-order valence-corrected chi connectivity index (χ1v) is 7.19. The predicted octanol–water partition coefficient (Wildman–Crippen LogP) is 2.14. The van der Waals surface area contributed by atoms with Gasteiger partial charge in [-0.1, -0.05) is 38.1 Å². The molecule has 1 unspecified atom stereocenters. The number of carbonyl (C=O) groups is 2. The fourth-order valence-corrected chi connectivity index (χ4v) is 2.38. The quantitative estimate of drug-likeness (QED) is 0.834. The van der Waals surface area contributed by atoms with Crippen molar-refractivity contribution in [3.63, 3.8) is 0 Å². The number of nitrogens with two attached hydrogens (primary N) is 1. The molecule has 114 valence electrons.